The number of carbonyl (C=O) groups excluding carboxylic acids is 1. The lowest BCUT2D eigenvalue weighted by molar-refractivity contribution is -0.142. The number of hydrogen-bond acceptors (Lipinski definition) is 8. The van der Waals surface area contributed by atoms with Gasteiger partial charge in [-0.1, -0.05) is 18.2 Å². The van der Waals surface area contributed by atoms with E-state index in [4.69, 9.17) is 14.2 Å². The van der Waals surface area contributed by atoms with Gasteiger partial charge < -0.3 is 19.5 Å². The van der Waals surface area contributed by atoms with Crippen LogP contribution in [0.25, 0.3) is 21.3 Å². The standard InChI is InChI=1S/C25H24FN3O4S/c1-3-32-22(30)15-16-8-9-20(19(26)14-16)27-25-24-18(10-13-34-24)23(28-29-25)17-6-4-5-7-21(17)33-12-11-31-2/h4-10,13-14H,3,11-12,15H2,1-2H3,(H,27,29). The quantitative estimate of drug-likeness (QED) is 0.241. The number of hydrogen-bond donors (Lipinski definition) is 1. The number of nitrogens with one attached hydrogen (secondary N) is 1. The van der Waals surface area contributed by atoms with Crippen LogP contribution in [0, 0.1) is 5.82 Å². The van der Waals surface area contributed by atoms with Crippen LogP contribution in [-0.4, -0.2) is 43.1 Å². The number of methoxy groups -OCH3 is 1. The minimum atomic E-state index is -0.491. The van der Waals surface area contributed by atoms with Gasteiger partial charge in [-0.3, -0.25) is 4.79 Å². The van der Waals surface area contributed by atoms with Gasteiger partial charge in [-0.25, -0.2) is 4.39 Å². The first-order valence-corrected chi connectivity index (χ1v) is 11.6. The van der Waals surface area contributed by atoms with E-state index in [1.807, 2.05) is 35.7 Å². The molecule has 0 aliphatic heterocycles. The fourth-order valence-electron chi connectivity index (χ4n) is 3.46. The van der Waals surface area contributed by atoms with Crippen molar-refractivity contribution in [2.75, 3.05) is 32.2 Å². The summed E-state index contributed by atoms with van der Waals surface area (Å²) in [5, 5.41) is 14.7. The Bertz CT molecular complexity index is 1290. The predicted octanol–water partition coefficient (Wildman–Crippen LogP) is 5.37. The number of benzene rings is 2. The SMILES string of the molecule is CCOC(=O)Cc1ccc(Nc2nnc(-c3ccccc3OCCOC)c3ccsc23)c(F)c1. The molecule has 0 amide bonds. The molecule has 9 heteroatoms. The van der Waals surface area contributed by atoms with Crippen LogP contribution in [0.3, 0.4) is 0 Å². The Morgan fingerprint density at radius 1 is 1.12 bits per heavy atom. The van der Waals surface area contributed by atoms with Crippen molar-refractivity contribution in [2.45, 2.75) is 13.3 Å². The van der Waals surface area contributed by atoms with Gasteiger partial charge in [0.2, 0.25) is 0 Å². The normalized spacial score (nSPS) is 10.9. The van der Waals surface area contributed by atoms with E-state index in [1.165, 1.54) is 17.4 Å². The van der Waals surface area contributed by atoms with E-state index in [-0.39, 0.29) is 18.7 Å². The van der Waals surface area contributed by atoms with Crippen LogP contribution in [0.1, 0.15) is 12.5 Å². The van der Waals surface area contributed by atoms with Gasteiger partial charge in [0.1, 0.15) is 23.9 Å². The van der Waals surface area contributed by atoms with Gasteiger partial charge in [0.25, 0.3) is 0 Å². The molecule has 1 N–H and O–H groups in total. The Morgan fingerprint density at radius 3 is 2.76 bits per heavy atom. The van der Waals surface area contributed by atoms with Gasteiger partial charge in [0, 0.05) is 18.1 Å². The Kier molecular flexibility index (Phi) is 7.66. The highest BCUT2D eigenvalue weighted by atomic mass is 32.1. The first-order valence-electron chi connectivity index (χ1n) is 10.8. The van der Waals surface area contributed by atoms with Crippen molar-refractivity contribution in [1.82, 2.24) is 10.2 Å². The molecule has 0 saturated carbocycles. The van der Waals surface area contributed by atoms with Crippen LogP contribution in [-0.2, 0) is 20.7 Å². The van der Waals surface area contributed by atoms with Crippen LogP contribution in [0.5, 0.6) is 5.75 Å². The molecule has 0 aliphatic rings. The van der Waals surface area contributed by atoms with Gasteiger partial charge >= 0.3 is 5.97 Å². The van der Waals surface area contributed by atoms with Crippen LogP contribution in [0.2, 0.25) is 0 Å². The van der Waals surface area contributed by atoms with Gasteiger partial charge in [0.15, 0.2) is 5.82 Å². The summed E-state index contributed by atoms with van der Waals surface area (Å²) in [6, 6.07) is 14.2. The number of para-hydroxylation sites is 1. The number of halogens is 1. The summed E-state index contributed by atoms with van der Waals surface area (Å²) in [4.78, 5) is 11.7. The number of carbonyl (C=O) groups is 1. The monoisotopic (exact) mass is 481 g/mol. The molecule has 0 unspecified atom stereocenters. The van der Waals surface area contributed by atoms with Crippen LogP contribution >= 0.6 is 11.3 Å². The van der Waals surface area contributed by atoms with Crippen molar-refractivity contribution in [2.24, 2.45) is 0 Å². The second-order valence-corrected chi connectivity index (χ2v) is 8.24. The van der Waals surface area contributed by atoms with Crippen molar-refractivity contribution in [1.29, 1.82) is 0 Å². The van der Waals surface area contributed by atoms with Gasteiger partial charge in [-0.05, 0) is 48.2 Å². The fraction of sp³-hybridized carbons (Fsp3) is 0.240. The molecule has 176 valence electrons. The number of ether oxygens (including phenoxy) is 3. The van der Waals surface area contributed by atoms with Crippen molar-refractivity contribution >= 4 is 38.9 Å². The second-order valence-electron chi connectivity index (χ2n) is 7.32. The summed E-state index contributed by atoms with van der Waals surface area (Å²) in [5.74, 6) is 0.249. The number of rotatable bonds is 10. The zero-order chi connectivity index (χ0) is 23.9. The van der Waals surface area contributed by atoms with E-state index in [0.717, 1.165) is 15.6 Å². The van der Waals surface area contributed by atoms with E-state index in [1.54, 1.807) is 26.2 Å². The number of aromatic nitrogens is 2. The molecule has 2 aromatic heterocycles. The molecule has 0 atom stereocenters. The summed E-state index contributed by atoms with van der Waals surface area (Å²) in [6.45, 7) is 2.91. The molecular weight excluding hydrogens is 457 g/mol. The maximum Gasteiger partial charge on any atom is 0.310 e. The molecule has 0 aliphatic carbocycles. The first-order chi connectivity index (χ1) is 16.6. The molecule has 0 radical (unpaired) electrons. The van der Waals surface area contributed by atoms with E-state index < -0.39 is 11.8 Å². The highest BCUT2D eigenvalue weighted by Gasteiger charge is 2.17. The molecule has 0 saturated heterocycles. The Balaban J connectivity index is 1.61. The zero-order valence-corrected chi connectivity index (χ0v) is 19.7. The predicted molar refractivity (Wildman–Crippen MR) is 130 cm³/mol. The highest BCUT2D eigenvalue weighted by Crippen LogP contribution is 2.38. The van der Waals surface area contributed by atoms with Crippen LogP contribution in [0.15, 0.2) is 53.9 Å². The Morgan fingerprint density at radius 2 is 1.97 bits per heavy atom. The largest absolute Gasteiger partial charge is 0.490 e. The molecule has 7 nitrogen and oxygen atoms in total. The molecule has 0 fully saturated rings. The Labute approximate surface area is 200 Å². The number of thiophene rings is 1. The van der Waals surface area contributed by atoms with Crippen LogP contribution in [0.4, 0.5) is 15.9 Å². The van der Waals surface area contributed by atoms with Crippen LogP contribution < -0.4 is 10.1 Å². The molecular formula is C25H24FN3O4S. The summed E-state index contributed by atoms with van der Waals surface area (Å²) >= 11 is 1.48. The fourth-order valence-corrected chi connectivity index (χ4v) is 4.29. The third-order valence-corrected chi connectivity index (χ3v) is 5.93. The molecule has 0 spiro atoms. The summed E-state index contributed by atoms with van der Waals surface area (Å²) in [6.07, 6.45) is 0.0145. The number of fused-ring (bicyclic) bond motifs is 1. The first kappa shape index (κ1) is 23.6. The lowest BCUT2D eigenvalue weighted by Gasteiger charge is -2.13. The number of nitrogens with zero attached hydrogens (tertiary/aromatic N) is 2. The van der Waals surface area contributed by atoms with Crippen molar-refractivity contribution in [3.8, 4) is 17.0 Å². The molecule has 2 aromatic carbocycles. The van der Waals surface area contributed by atoms with E-state index in [9.17, 15) is 9.18 Å². The molecule has 0 bridgehead atoms. The topological polar surface area (TPSA) is 82.6 Å². The highest BCUT2D eigenvalue weighted by molar-refractivity contribution is 7.17. The second kappa shape index (κ2) is 11.0. The van der Waals surface area contributed by atoms with E-state index in [0.29, 0.717) is 36.0 Å². The number of anilines is 2. The van der Waals surface area contributed by atoms with Crippen molar-refractivity contribution in [3.05, 3.63) is 65.3 Å². The summed E-state index contributed by atoms with van der Waals surface area (Å²) in [5.41, 5.74) is 2.28. The summed E-state index contributed by atoms with van der Waals surface area (Å²) < 4.78 is 31.5. The average molecular weight is 482 g/mol. The molecule has 2 heterocycles. The third kappa shape index (κ3) is 5.32. The van der Waals surface area contributed by atoms with Gasteiger partial charge in [-0.2, -0.15) is 0 Å². The van der Waals surface area contributed by atoms with Crippen molar-refractivity contribution in [3.63, 3.8) is 0 Å². The lowest BCUT2D eigenvalue weighted by atomic mass is 10.1. The zero-order valence-electron chi connectivity index (χ0n) is 18.8. The smallest absolute Gasteiger partial charge is 0.310 e. The Hall–Kier alpha value is -3.56. The van der Waals surface area contributed by atoms with E-state index in [2.05, 4.69) is 15.5 Å². The van der Waals surface area contributed by atoms with Gasteiger partial charge in [-0.15, -0.1) is 21.5 Å². The maximum atomic E-state index is 14.8. The lowest BCUT2D eigenvalue weighted by Crippen LogP contribution is -2.08. The minimum absolute atomic E-state index is 0.0145. The average Bonchev–Trinajstić information content (AvgIpc) is 3.32. The molecule has 34 heavy (non-hydrogen) atoms. The third-order valence-electron chi connectivity index (χ3n) is 5.01. The van der Waals surface area contributed by atoms with E-state index >= 15 is 0 Å². The maximum absolute atomic E-state index is 14.8. The van der Waals surface area contributed by atoms with Crippen molar-refractivity contribution < 1.29 is 23.4 Å². The summed E-state index contributed by atoms with van der Waals surface area (Å²) in [7, 11) is 1.62. The number of esters is 1. The van der Waals surface area contributed by atoms with Gasteiger partial charge in [0.05, 0.1) is 30.0 Å². The minimum Gasteiger partial charge on any atom is -0.490 e. The molecule has 4 rings (SSSR count). The molecule has 4 aromatic rings.